The molecule has 1 heterocycles. The zero-order chi connectivity index (χ0) is 8.55. The first-order chi connectivity index (χ1) is 5.81. The first kappa shape index (κ1) is 7.28. The molecule has 0 aliphatic rings. The van der Waals surface area contributed by atoms with Crippen LogP contribution in [0.15, 0.2) is 18.2 Å². The van der Waals surface area contributed by atoms with Crippen molar-refractivity contribution in [2.45, 2.75) is 13.3 Å². The van der Waals surface area contributed by atoms with Gasteiger partial charge in [-0.25, -0.2) is 4.39 Å². The summed E-state index contributed by atoms with van der Waals surface area (Å²) >= 11 is 0. The van der Waals surface area contributed by atoms with E-state index in [9.17, 15) is 4.39 Å². The number of nitrogens with one attached hydrogen (secondary N) is 1. The molecule has 0 amide bonds. The third-order valence-electron chi connectivity index (χ3n) is 1.94. The molecule has 1 N–H and O–H groups in total. The second kappa shape index (κ2) is 2.59. The van der Waals surface area contributed by atoms with Gasteiger partial charge in [-0.15, -0.1) is 0 Å². The summed E-state index contributed by atoms with van der Waals surface area (Å²) in [5, 5.41) is 7.87. The summed E-state index contributed by atoms with van der Waals surface area (Å²) in [4.78, 5) is 0. The van der Waals surface area contributed by atoms with Gasteiger partial charge in [-0.05, 0) is 24.6 Å². The number of aromatic amines is 1. The highest BCUT2D eigenvalue weighted by molar-refractivity contribution is 5.81. The maximum atomic E-state index is 12.7. The molecule has 0 aliphatic carbocycles. The van der Waals surface area contributed by atoms with Crippen LogP contribution in [-0.4, -0.2) is 10.2 Å². The number of aromatic nitrogens is 2. The number of benzene rings is 1. The average Bonchev–Trinajstić information content (AvgIpc) is 2.46. The zero-order valence-electron chi connectivity index (χ0n) is 6.76. The molecule has 0 unspecified atom stereocenters. The molecule has 0 saturated carbocycles. The molecule has 2 rings (SSSR count). The molecule has 0 saturated heterocycles. The Bertz CT molecular complexity index is 406. The summed E-state index contributed by atoms with van der Waals surface area (Å²) in [6.45, 7) is 2.03. The van der Waals surface area contributed by atoms with Crippen LogP contribution in [0.5, 0.6) is 0 Å². The second-order valence-electron chi connectivity index (χ2n) is 2.71. The molecular weight excluding hydrogens is 155 g/mol. The van der Waals surface area contributed by atoms with E-state index in [0.29, 0.717) is 0 Å². The van der Waals surface area contributed by atoms with Crippen molar-refractivity contribution in [2.75, 3.05) is 0 Å². The van der Waals surface area contributed by atoms with E-state index in [2.05, 4.69) is 10.2 Å². The lowest BCUT2D eigenvalue weighted by atomic mass is 10.2. The molecule has 0 bridgehead atoms. The maximum absolute atomic E-state index is 12.7. The molecule has 0 radical (unpaired) electrons. The van der Waals surface area contributed by atoms with Crippen LogP contribution in [0.25, 0.3) is 10.9 Å². The van der Waals surface area contributed by atoms with Crippen molar-refractivity contribution < 1.29 is 4.39 Å². The monoisotopic (exact) mass is 164 g/mol. The predicted octanol–water partition coefficient (Wildman–Crippen LogP) is 2.26. The number of fused-ring (bicyclic) bond motifs is 1. The van der Waals surface area contributed by atoms with Crippen molar-refractivity contribution in [3.05, 3.63) is 29.7 Å². The molecule has 1 aromatic carbocycles. The third kappa shape index (κ3) is 0.978. The third-order valence-corrected chi connectivity index (χ3v) is 1.94. The van der Waals surface area contributed by atoms with Gasteiger partial charge >= 0.3 is 0 Å². The van der Waals surface area contributed by atoms with Crippen molar-refractivity contribution in [3.8, 4) is 0 Å². The van der Waals surface area contributed by atoms with Crippen LogP contribution in [-0.2, 0) is 6.42 Å². The van der Waals surface area contributed by atoms with E-state index in [0.717, 1.165) is 23.0 Å². The van der Waals surface area contributed by atoms with Crippen LogP contribution in [0.1, 0.15) is 12.6 Å². The van der Waals surface area contributed by atoms with Crippen molar-refractivity contribution in [3.63, 3.8) is 0 Å². The maximum Gasteiger partial charge on any atom is 0.125 e. The Labute approximate surface area is 69.4 Å². The summed E-state index contributed by atoms with van der Waals surface area (Å²) in [5.41, 5.74) is 1.76. The molecule has 2 nitrogen and oxygen atoms in total. The molecule has 12 heavy (non-hydrogen) atoms. The summed E-state index contributed by atoms with van der Waals surface area (Å²) in [5.74, 6) is -0.228. The highest BCUT2D eigenvalue weighted by Gasteiger charge is 2.03. The van der Waals surface area contributed by atoms with Gasteiger partial charge in [0.2, 0.25) is 0 Å². The van der Waals surface area contributed by atoms with Gasteiger partial charge in [0.15, 0.2) is 0 Å². The molecule has 1 aromatic heterocycles. The number of hydrogen-bond acceptors (Lipinski definition) is 1. The fourth-order valence-corrected chi connectivity index (χ4v) is 1.32. The van der Waals surface area contributed by atoms with Gasteiger partial charge in [-0.3, -0.25) is 5.10 Å². The Morgan fingerprint density at radius 3 is 3.08 bits per heavy atom. The lowest BCUT2D eigenvalue weighted by molar-refractivity contribution is 0.629. The largest absolute Gasteiger partial charge is 0.277 e. The smallest absolute Gasteiger partial charge is 0.125 e. The Kier molecular flexibility index (Phi) is 1.57. The standard InChI is InChI=1S/C9H9FN2/c1-2-8-7-4-3-6(10)5-9(7)12-11-8/h3-5H,2H2,1H3,(H,11,12). The van der Waals surface area contributed by atoms with E-state index < -0.39 is 0 Å². The molecule has 0 fully saturated rings. The van der Waals surface area contributed by atoms with E-state index >= 15 is 0 Å². The summed E-state index contributed by atoms with van der Waals surface area (Å²) in [6.07, 6.45) is 0.867. The van der Waals surface area contributed by atoms with Crippen molar-refractivity contribution in [1.29, 1.82) is 0 Å². The Hall–Kier alpha value is -1.38. The van der Waals surface area contributed by atoms with E-state index in [1.54, 1.807) is 6.07 Å². The van der Waals surface area contributed by atoms with Crippen molar-refractivity contribution >= 4 is 10.9 Å². The minimum Gasteiger partial charge on any atom is -0.277 e. The Morgan fingerprint density at radius 1 is 1.50 bits per heavy atom. The van der Waals surface area contributed by atoms with Crippen LogP contribution in [0.2, 0.25) is 0 Å². The molecule has 62 valence electrons. The summed E-state index contributed by atoms with van der Waals surface area (Å²) in [6, 6.07) is 4.67. The van der Waals surface area contributed by atoms with Crippen molar-refractivity contribution in [2.24, 2.45) is 0 Å². The first-order valence-electron chi connectivity index (χ1n) is 3.93. The van der Waals surface area contributed by atoms with Gasteiger partial charge < -0.3 is 0 Å². The van der Waals surface area contributed by atoms with Gasteiger partial charge in [0, 0.05) is 5.39 Å². The van der Waals surface area contributed by atoms with E-state index in [1.807, 2.05) is 6.92 Å². The van der Waals surface area contributed by atoms with Crippen LogP contribution < -0.4 is 0 Å². The summed E-state index contributed by atoms with van der Waals surface area (Å²) < 4.78 is 12.7. The number of H-pyrrole nitrogens is 1. The SMILES string of the molecule is CCc1n[nH]c2cc(F)ccc12. The van der Waals surface area contributed by atoms with E-state index in [-0.39, 0.29) is 5.82 Å². The molecule has 3 heteroatoms. The minimum atomic E-state index is -0.228. The quantitative estimate of drug-likeness (QED) is 0.688. The first-order valence-corrected chi connectivity index (χ1v) is 3.93. The Balaban J connectivity index is 2.73. The lowest BCUT2D eigenvalue weighted by Crippen LogP contribution is -1.79. The normalized spacial score (nSPS) is 10.8. The van der Waals surface area contributed by atoms with Crippen LogP contribution >= 0.6 is 0 Å². The molecule has 0 atom stereocenters. The van der Waals surface area contributed by atoms with Crippen molar-refractivity contribution in [1.82, 2.24) is 10.2 Å². The van der Waals surface area contributed by atoms with Gasteiger partial charge in [0.1, 0.15) is 5.82 Å². The Morgan fingerprint density at radius 2 is 2.33 bits per heavy atom. The number of halogens is 1. The zero-order valence-corrected chi connectivity index (χ0v) is 6.76. The number of rotatable bonds is 1. The van der Waals surface area contributed by atoms with E-state index in [1.165, 1.54) is 12.1 Å². The van der Waals surface area contributed by atoms with E-state index in [4.69, 9.17) is 0 Å². The lowest BCUT2D eigenvalue weighted by Gasteiger charge is -1.90. The van der Waals surface area contributed by atoms with Gasteiger partial charge in [0.05, 0.1) is 11.2 Å². The highest BCUT2D eigenvalue weighted by atomic mass is 19.1. The second-order valence-corrected chi connectivity index (χ2v) is 2.71. The van der Waals surface area contributed by atoms with Crippen LogP contribution in [0.3, 0.4) is 0 Å². The number of aryl methyl sites for hydroxylation is 1. The molecule has 2 aromatic rings. The molecule has 0 aliphatic heterocycles. The fourth-order valence-electron chi connectivity index (χ4n) is 1.32. The number of hydrogen-bond donors (Lipinski definition) is 1. The predicted molar refractivity (Wildman–Crippen MR) is 45.4 cm³/mol. The number of nitrogens with zero attached hydrogens (tertiary/aromatic N) is 1. The topological polar surface area (TPSA) is 28.7 Å². The van der Waals surface area contributed by atoms with Gasteiger partial charge in [-0.2, -0.15) is 5.10 Å². The summed E-state index contributed by atoms with van der Waals surface area (Å²) in [7, 11) is 0. The van der Waals surface area contributed by atoms with Gasteiger partial charge in [0.25, 0.3) is 0 Å². The fraction of sp³-hybridized carbons (Fsp3) is 0.222. The minimum absolute atomic E-state index is 0.228. The molecular formula is C9H9FN2. The average molecular weight is 164 g/mol. The molecule has 0 spiro atoms. The van der Waals surface area contributed by atoms with Crippen LogP contribution in [0, 0.1) is 5.82 Å². The highest BCUT2D eigenvalue weighted by Crippen LogP contribution is 2.16. The van der Waals surface area contributed by atoms with Gasteiger partial charge in [-0.1, -0.05) is 6.92 Å². The van der Waals surface area contributed by atoms with Crippen LogP contribution in [0.4, 0.5) is 4.39 Å².